The molecule has 8 atom stereocenters. The molecule has 30 heavy (non-hydrogen) atoms. The van der Waals surface area contributed by atoms with Crippen LogP contribution in [0.15, 0.2) is 23.8 Å². The molecule has 4 aliphatic carbocycles. The van der Waals surface area contributed by atoms with Gasteiger partial charge in [0.2, 0.25) is 0 Å². The SMILES string of the molecule is CC1(C)O[C@@H]2C[C@H]3[C@@H]4CCC5=CC(=O)C=C[C@]5(C)[C@H]4C(O)C[C@]3(C)[C@]2(C(=O)CO)O1. The summed E-state index contributed by atoms with van der Waals surface area (Å²) in [7, 11) is 0. The molecule has 4 fully saturated rings. The number of carbonyl (C=O) groups excluding carboxylic acids is 2. The highest BCUT2D eigenvalue weighted by Crippen LogP contribution is 2.70. The first-order valence-electron chi connectivity index (χ1n) is 11.1. The summed E-state index contributed by atoms with van der Waals surface area (Å²) in [6, 6.07) is 0. The molecular formula is C24H32O6. The monoisotopic (exact) mass is 416 g/mol. The zero-order chi connectivity index (χ0) is 21.7. The molecule has 5 rings (SSSR count). The Morgan fingerprint density at radius 2 is 2.00 bits per heavy atom. The number of hydrogen-bond donors (Lipinski definition) is 2. The third kappa shape index (κ3) is 2.34. The third-order valence-corrected chi connectivity index (χ3v) is 9.05. The van der Waals surface area contributed by atoms with Crippen molar-refractivity contribution in [1.29, 1.82) is 0 Å². The molecule has 5 aliphatic rings. The van der Waals surface area contributed by atoms with Gasteiger partial charge in [-0.2, -0.15) is 0 Å². The van der Waals surface area contributed by atoms with E-state index in [4.69, 9.17) is 9.47 Å². The van der Waals surface area contributed by atoms with Crippen LogP contribution in [0.4, 0.5) is 0 Å². The molecule has 3 saturated carbocycles. The molecule has 6 heteroatoms. The first-order valence-corrected chi connectivity index (χ1v) is 11.1. The lowest BCUT2D eigenvalue weighted by Crippen LogP contribution is -2.63. The van der Waals surface area contributed by atoms with Crippen LogP contribution in [-0.2, 0) is 19.1 Å². The van der Waals surface area contributed by atoms with Gasteiger partial charge in [-0.05, 0) is 63.5 Å². The molecule has 0 spiro atoms. The lowest BCUT2D eigenvalue weighted by Gasteiger charge is -2.59. The van der Waals surface area contributed by atoms with Gasteiger partial charge in [-0.1, -0.05) is 25.5 Å². The zero-order valence-electron chi connectivity index (χ0n) is 18.2. The van der Waals surface area contributed by atoms with E-state index < -0.39 is 35.6 Å². The van der Waals surface area contributed by atoms with Crippen LogP contribution in [0.25, 0.3) is 0 Å². The van der Waals surface area contributed by atoms with Crippen LogP contribution in [-0.4, -0.2) is 52.0 Å². The first kappa shape index (κ1) is 20.6. The van der Waals surface area contributed by atoms with Crippen LogP contribution in [0.5, 0.6) is 0 Å². The Labute approximate surface area is 177 Å². The van der Waals surface area contributed by atoms with Crippen molar-refractivity contribution in [3.8, 4) is 0 Å². The number of ketones is 2. The van der Waals surface area contributed by atoms with Gasteiger partial charge in [0.05, 0.1) is 12.2 Å². The maximum Gasteiger partial charge on any atom is 0.193 e. The summed E-state index contributed by atoms with van der Waals surface area (Å²) in [5.41, 5.74) is -1.12. The van der Waals surface area contributed by atoms with Gasteiger partial charge in [0.15, 0.2) is 23.0 Å². The van der Waals surface area contributed by atoms with Gasteiger partial charge in [-0.3, -0.25) is 9.59 Å². The van der Waals surface area contributed by atoms with Gasteiger partial charge in [0.25, 0.3) is 0 Å². The number of aliphatic hydroxyl groups is 2. The van der Waals surface area contributed by atoms with Crippen LogP contribution in [0.3, 0.4) is 0 Å². The smallest absolute Gasteiger partial charge is 0.193 e. The van der Waals surface area contributed by atoms with Crippen molar-refractivity contribution in [3.63, 3.8) is 0 Å². The lowest BCUT2D eigenvalue weighted by atomic mass is 9.46. The van der Waals surface area contributed by atoms with E-state index in [2.05, 4.69) is 6.92 Å². The molecule has 1 aliphatic heterocycles. The van der Waals surface area contributed by atoms with Gasteiger partial charge in [0, 0.05) is 16.7 Å². The first-order chi connectivity index (χ1) is 14.0. The fourth-order valence-electron chi connectivity index (χ4n) is 8.04. The number of carbonyl (C=O) groups is 2. The van der Waals surface area contributed by atoms with Crippen molar-refractivity contribution in [2.45, 2.75) is 77.0 Å². The Bertz CT molecular complexity index is 873. The number of fused-ring (bicyclic) bond motifs is 7. The summed E-state index contributed by atoms with van der Waals surface area (Å²) in [4.78, 5) is 25.1. The van der Waals surface area contributed by atoms with E-state index in [0.717, 1.165) is 18.4 Å². The highest BCUT2D eigenvalue weighted by Gasteiger charge is 2.76. The van der Waals surface area contributed by atoms with Crippen molar-refractivity contribution in [2.24, 2.45) is 28.6 Å². The molecule has 2 N–H and O–H groups in total. The van der Waals surface area contributed by atoms with E-state index >= 15 is 0 Å². The molecule has 0 bridgehead atoms. The normalized spacial score (nSPS) is 50.9. The molecule has 6 nitrogen and oxygen atoms in total. The third-order valence-electron chi connectivity index (χ3n) is 9.05. The summed E-state index contributed by atoms with van der Waals surface area (Å²) >= 11 is 0. The van der Waals surface area contributed by atoms with Crippen LogP contribution in [0.1, 0.15) is 53.4 Å². The Balaban J connectivity index is 1.59. The highest BCUT2D eigenvalue weighted by molar-refractivity contribution is 6.01. The summed E-state index contributed by atoms with van der Waals surface area (Å²) in [5, 5.41) is 21.3. The summed E-state index contributed by atoms with van der Waals surface area (Å²) in [5.74, 6) is -0.947. The summed E-state index contributed by atoms with van der Waals surface area (Å²) in [6.07, 6.45) is 7.04. The van der Waals surface area contributed by atoms with E-state index in [1.54, 1.807) is 26.0 Å². The van der Waals surface area contributed by atoms with Crippen molar-refractivity contribution in [3.05, 3.63) is 23.8 Å². The van der Waals surface area contributed by atoms with E-state index in [9.17, 15) is 19.8 Å². The minimum absolute atomic E-state index is 0.0167. The fourth-order valence-corrected chi connectivity index (χ4v) is 8.04. The zero-order valence-corrected chi connectivity index (χ0v) is 18.2. The highest BCUT2D eigenvalue weighted by atomic mass is 16.8. The molecule has 164 valence electrons. The topological polar surface area (TPSA) is 93.1 Å². The van der Waals surface area contributed by atoms with Gasteiger partial charge >= 0.3 is 0 Å². The minimum Gasteiger partial charge on any atom is -0.393 e. The molecule has 0 aromatic carbocycles. The van der Waals surface area contributed by atoms with Crippen LogP contribution in [0.2, 0.25) is 0 Å². The molecular weight excluding hydrogens is 384 g/mol. The van der Waals surface area contributed by atoms with Gasteiger partial charge < -0.3 is 19.7 Å². The molecule has 0 amide bonds. The Hall–Kier alpha value is -1.34. The lowest BCUT2D eigenvalue weighted by molar-refractivity contribution is -0.225. The van der Waals surface area contributed by atoms with Crippen molar-refractivity contribution < 1.29 is 29.3 Å². The molecule has 1 unspecified atom stereocenters. The van der Waals surface area contributed by atoms with Crippen LogP contribution in [0, 0.1) is 28.6 Å². The number of aliphatic hydroxyl groups excluding tert-OH is 2. The van der Waals surface area contributed by atoms with Crippen molar-refractivity contribution in [1.82, 2.24) is 0 Å². The second-order valence-corrected chi connectivity index (χ2v) is 10.9. The maximum atomic E-state index is 13.2. The van der Waals surface area contributed by atoms with Gasteiger partial charge in [0.1, 0.15) is 6.61 Å². The van der Waals surface area contributed by atoms with Crippen LogP contribution >= 0.6 is 0 Å². The number of Topliss-reactive ketones (excluding diaryl/α,β-unsaturated/α-hetero) is 1. The molecule has 1 saturated heterocycles. The minimum atomic E-state index is -1.24. The van der Waals surface area contributed by atoms with Crippen molar-refractivity contribution >= 4 is 11.6 Å². The molecule has 0 radical (unpaired) electrons. The Morgan fingerprint density at radius 1 is 1.27 bits per heavy atom. The van der Waals surface area contributed by atoms with Gasteiger partial charge in [-0.25, -0.2) is 0 Å². The second kappa shape index (κ2) is 6.12. The predicted molar refractivity (Wildman–Crippen MR) is 108 cm³/mol. The number of allylic oxidation sites excluding steroid dienone is 4. The second-order valence-electron chi connectivity index (χ2n) is 10.9. The quantitative estimate of drug-likeness (QED) is 0.718. The summed E-state index contributed by atoms with van der Waals surface area (Å²) < 4.78 is 12.6. The fraction of sp³-hybridized carbons (Fsp3) is 0.750. The largest absolute Gasteiger partial charge is 0.393 e. The molecule has 0 aromatic rings. The van der Waals surface area contributed by atoms with Crippen molar-refractivity contribution in [2.75, 3.05) is 6.61 Å². The molecule has 0 aromatic heterocycles. The van der Waals surface area contributed by atoms with E-state index in [1.807, 2.05) is 13.0 Å². The number of rotatable bonds is 2. The average molecular weight is 417 g/mol. The predicted octanol–water partition coefficient (Wildman–Crippen LogP) is 2.33. The van der Waals surface area contributed by atoms with E-state index in [1.165, 1.54) is 0 Å². The number of ether oxygens (including phenoxy) is 2. The summed E-state index contributed by atoms with van der Waals surface area (Å²) in [6.45, 7) is 7.19. The van der Waals surface area contributed by atoms with Gasteiger partial charge in [-0.15, -0.1) is 0 Å². The standard InChI is InChI=1S/C24H32O6/c1-21(2)29-19-10-16-15-6-5-13-9-14(26)7-8-22(13,3)20(15)17(27)11-23(16,4)24(19,30-21)18(28)12-25/h7-9,15-17,19-20,25,27H,5-6,10-12H2,1-4H3/t15-,16-,17?,19+,20+,22-,23-,24+/m0/s1. The van der Waals surface area contributed by atoms with E-state index in [0.29, 0.717) is 12.8 Å². The molecule has 1 heterocycles. The average Bonchev–Trinajstić information content (AvgIpc) is 3.07. The Morgan fingerprint density at radius 3 is 2.70 bits per heavy atom. The van der Waals surface area contributed by atoms with E-state index in [-0.39, 0.29) is 34.7 Å². The number of hydrogen-bond acceptors (Lipinski definition) is 6. The van der Waals surface area contributed by atoms with Crippen LogP contribution < -0.4 is 0 Å². The maximum absolute atomic E-state index is 13.2. The Kier molecular flexibility index (Phi) is 4.20.